The molecule has 0 saturated heterocycles. The molecular formula is C5H15Cl3OS2. The molecule has 0 aliphatic rings. The van der Waals surface area contributed by atoms with Crippen molar-refractivity contribution in [3.63, 3.8) is 0 Å². The molecule has 0 bridgehead atoms. The Balaban J connectivity index is 4.64. The largest absolute Gasteiger partial charge is 0.396 e. The fourth-order valence-electron chi connectivity index (χ4n) is 0.439. The van der Waals surface area contributed by atoms with E-state index in [-0.39, 0.29) is 6.61 Å². The molecule has 0 unspecified atom stereocenters. The van der Waals surface area contributed by atoms with Gasteiger partial charge in [0.2, 0.25) is 0 Å². The van der Waals surface area contributed by atoms with Gasteiger partial charge in [0.05, 0.1) is 6.61 Å². The zero-order valence-electron chi connectivity index (χ0n) is 6.85. The van der Waals surface area contributed by atoms with Crippen LogP contribution in [-0.2, 0) is 0 Å². The second kappa shape index (κ2) is 3.35. The Hall–Kier alpha value is 1.53. The van der Waals surface area contributed by atoms with Gasteiger partial charge in [0.25, 0.3) is 0 Å². The molecular weight excluding hydrogens is 247 g/mol. The number of hydrogen-bond donors (Lipinski definition) is 2. The van der Waals surface area contributed by atoms with Crippen molar-refractivity contribution in [1.82, 2.24) is 0 Å². The van der Waals surface area contributed by atoms with Crippen LogP contribution in [0.2, 0.25) is 0 Å². The fourth-order valence-corrected chi connectivity index (χ4v) is 3.99. The summed E-state index contributed by atoms with van der Waals surface area (Å²) in [5.74, 6) is 0.520. The monoisotopic (exact) mass is 260 g/mol. The molecule has 1 N–H and O–H groups in total. The number of thiol groups is 1. The summed E-state index contributed by atoms with van der Waals surface area (Å²) < 4.78 is 0. The third-order valence-electron chi connectivity index (χ3n) is 1.71. The number of halogens is 3. The highest BCUT2D eigenvalue weighted by molar-refractivity contribution is 9.33. The van der Waals surface area contributed by atoms with Crippen molar-refractivity contribution in [3.05, 3.63) is 0 Å². The van der Waals surface area contributed by atoms with Gasteiger partial charge in [-0.2, -0.15) is 7.41 Å². The molecule has 74 valence electrons. The van der Waals surface area contributed by atoms with E-state index in [1.54, 1.807) is 6.26 Å². The summed E-state index contributed by atoms with van der Waals surface area (Å²) in [6, 6.07) is 0. The Bertz CT molecular complexity index is 146. The molecule has 0 heterocycles. The Morgan fingerprint density at radius 2 is 1.73 bits per heavy atom. The lowest BCUT2D eigenvalue weighted by atomic mass is 10.9. The van der Waals surface area contributed by atoms with Crippen LogP contribution in [0.4, 0.5) is 0 Å². The van der Waals surface area contributed by atoms with E-state index in [0.717, 1.165) is 0 Å². The van der Waals surface area contributed by atoms with Crippen LogP contribution in [-0.4, -0.2) is 36.2 Å². The second-order valence-electron chi connectivity index (χ2n) is 3.24. The highest BCUT2D eigenvalue weighted by atomic mass is 36.0. The van der Waals surface area contributed by atoms with Crippen LogP contribution in [0.1, 0.15) is 0 Å². The lowest BCUT2D eigenvalue weighted by Crippen LogP contribution is -2.16. The van der Waals surface area contributed by atoms with Crippen LogP contribution < -0.4 is 0 Å². The van der Waals surface area contributed by atoms with E-state index in [2.05, 4.69) is 0 Å². The van der Waals surface area contributed by atoms with E-state index in [4.69, 9.17) is 37.2 Å². The molecule has 1 nitrogen and oxygen atoms in total. The second-order valence-corrected chi connectivity index (χ2v) is 24.3. The first-order valence-corrected chi connectivity index (χ1v) is 11.6. The summed E-state index contributed by atoms with van der Waals surface area (Å²) in [4.78, 5) is 0. The summed E-state index contributed by atoms with van der Waals surface area (Å²) in [6.07, 6.45) is 5.54. The van der Waals surface area contributed by atoms with Crippen molar-refractivity contribution in [2.45, 2.75) is 0 Å². The molecule has 0 amide bonds. The lowest BCUT2D eigenvalue weighted by Gasteiger charge is -2.58. The number of aliphatic hydroxyl groups excluding tert-OH is 1. The van der Waals surface area contributed by atoms with Crippen LogP contribution in [0.25, 0.3) is 0 Å². The minimum atomic E-state index is -2.53. The first-order valence-electron chi connectivity index (χ1n) is 3.10. The van der Waals surface area contributed by atoms with Crippen molar-refractivity contribution in [3.8, 4) is 0 Å². The molecule has 0 spiro atoms. The zero-order valence-corrected chi connectivity index (χ0v) is 10.8. The first kappa shape index (κ1) is 12.5. The highest BCUT2D eigenvalue weighted by Crippen LogP contribution is 2.97. The minimum absolute atomic E-state index is 0.0519. The summed E-state index contributed by atoms with van der Waals surface area (Å²) in [6.45, 7) is 0.0519. The summed E-state index contributed by atoms with van der Waals surface area (Å²) in [7, 11) is 14.0. The predicted octanol–water partition coefficient (Wildman–Crippen LogP) is 3.12. The van der Waals surface area contributed by atoms with Crippen LogP contribution in [0.5, 0.6) is 0 Å². The van der Waals surface area contributed by atoms with Crippen molar-refractivity contribution < 1.29 is 5.11 Å². The molecule has 0 radical (unpaired) electrons. The summed E-state index contributed by atoms with van der Waals surface area (Å²) in [5.41, 5.74) is 0. The van der Waals surface area contributed by atoms with Crippen LogP contribution in [0, 0.1) is 0 Å². The number of rotatable bonds is 3. The van der Waals surface area contributed by atoms with Gasteiger partial charge in [-0.1, -0.05) is 18.2 Å². The quantitative estimate of drug-likeness (QED) is 0.591. The van der Waals surface area contributed by atoms with Crippen molar-refractivity contribution in [2.75, 3.05) is 31.1 Å². The average molecular weight is 262 g/mol. The van der Waals surface area contributed by atoms with Gasteiger partial charge < -0.3 is 5.11 Å². The van der Waals surface area contributed by atoms with E-state index < -0.39 is 14.9 Å². The smallest absolute Gasteiger partial charge is 0.0509 e. The van der Waals surface area contributed by atoms with Gasteiger partial charge in [0.15, 0.2) is 0 Å². The lowest BCUT2D eigenvalue weighted by molar-refractivity contribution is 0.322. The van der Waals surface area contributed by atoms with Gasteiger partial charge in [-0.3, -0.25) is 0 Å². The van der Waals surface area contributed by atoms with E-state index in [9.17, 15) is 0 Å². The molecule has 0 aromatic heterocycles. The minimum Gasteiger partial charge on any atom is -0.396 e. The maximum atomic E-state index is 8.77. The highest BCUT2D eigenvalue weighted by Gasteiger charge is 2.40. The SMILES string of the molecule is CS(Cl)(Cl)[SH](C)(C)(Cl)CCO. The molecule has 0 rings (SSSR count). The van der Waals surface area contributed by atoms with Crippen molar-refractivity contribution in [1.29, 1.82) is 0 Å². The Morgan fingerprint density at radius 3 is 1.82 bits per heavy atom. The van der Waals surface area contributed by atoms with E-state index >= 15 is 0 Å². The molecule has 0 aliphatic heterocycles. The number of hydrogen-bond acceptors (Lipinski definition) is 1. The van der Waals surface area contributed by atoms with Gasteiger partial charge in [-0.25, -0.2) is 0 Å². The maximum absolute atomic E-state index is 8.77. The molecule has 0 aliphatic carbocycles. The molecule has 0 aromatic carbocycles. The molecule has 6 heteroatoms. The van der Waals surface area contributed by atoms with E-state index in [0.29, 0.717) is 5.75 Å². The summed E-state index contributed by atoms with van der Waals surface area (Å²) >= 11 is 0. The standard InChI is InChI=1S/C5H15Cl3OS2/c1-10(6,7)11(2,3,8)5-4-9/h9,11H,4-5H2,1-3H3. The van der Waals surface area contributed by atoms with E-state index in [1.165, 1.54) is 0 Å². The van der Waals surface area contributed by atoms with Crippen LogP contribution in [0.15, 0.2) is 0 Å². The average Bonchev–Trinajstić information content (AvgIpc) is 1.58. The topological polar surface area (TPSA) is 20.2 Å². The van der Waals surface area contributed by atoms with E-state index in [1.807, 2.05) is 12.5 Å². The predicted molar refractivity (Wildman–Crippen MR) is 63.9 cm³/mol. The maximum Gasteiger partial charge on any atom is 0.0509 e. The van der Waals surface area contributed by atoms with Gasteiger partial charge >= 0.3 is 0 Å². The zero-order chi connectivity index (χ0) is 9.36. The number of aliphatic hydroxyl groups is 1. The van der Waals surface area contributed by atoms with Gasteiger partial charge in [0.1, 0.15) is 0 Å². The van der Waals surface area contributed by atoms with Gasteiger partial charge in [0, 0.05) is 5.75 Å². The molecule has 11 heavy (non-hydrogen) atoms. The fraction of sp³-hybridized carbons (Fsp3) is 1.00. The Labute approximate surface area is 82.9 Å². The molecule has 0 aromatic rings. The van der Waals surface area contributed by atoms with Crippen LogP contribution in [0.3, 0.4) is 0 Å². The Morgan fingerprint density at radius 1 is 1.36 bits per heavy atom. The first-order chi connectivity index (χ1) is 4.59. The normalized spacial score (nSPS) is 19.0. The molecule has 0 atom stereocenters. The van der Waals surface area contributed by atoms with Crippen molar-refractivity contribution in [2.24, 2.45) is 0 Å². The Kier molecular flexibility index (Phi) is 3.82. The molecule has 0 fully saturated rings. The third kappa shape index (κ3) is 3.05. The third-order valence-corrected chi connectivity index (χ3v) is 23.8. The van der Waals surface area contributed by atoms with Crippen molar-refractivity contribution >= 4 is 46.9 Å². The van der Waals surface area contributed by atoms with Crippen LogP contribution >= 0.6 is 46.9 Å². The van der Waals surface area contributed by atoms with Gasteiger partial charge in [-0.05, 0) is 40.1 Å². The van der Waals surface area contributed by atoms with Gasteiger partial charge in [-0.15, -0.1) is 0 Å². The molecule has 0 saturated carbocycles. The summed E-state index contributed by atoms with van der Waals surface area (Å²) in [5, 5.41) is 8.77.